The lowest BCUT2D eigenvalue weighted by Crippen LogP contribution is -2.29. The predicted octanol–water partition coefficient (Wildman–Crippen LogP) is 2.26. The largest absolute Gasteiger partial charge is 0.461 e. The zero-order valence-electron chi connectivity index (χ0n) is 10.8. The normalized spacial score (nSPS) is 19.1. The molecular formula is C12H15F3N2O2. The topological polar surface area (TPSA) is 44.1 Å². The number of aryl methyl sites for hydroxylation is 1. The van der Waals surface area contributed by atoms with Crippen LogP contribution in [0.3, 0.4) is 0 Å². The predicted molar refractivity (Wildman–Crippen MR) is 60.7 cm³/mol. The van der Waals surface area contributed by atoms with Gasteiger partial charge >= 0.3 is 12.1 Å². The lowest BCUT2D eigenvalue weighted by Gasteiger charge is -2.24. The van der Waals surface area contributed by atoms with Gasteiger partial charge in [-0.1, -0.05) is 0 Å². The molecule has 1 aliphatic carbocycles. The van der Waals surface area contributed by atoms with E-state index in [9.17, 15) is 18.0 Å². The van der Waals surface area contributed by atoms with E-state index in [1.807, 2.05) is 0 Å². The summed E-state index contributed by atoms with van der Waals surface area (Å²) in [5.41, 5.74) is 1.10. The Bertz CT molecular complexity index is 494. The van der Waals surface area contributed by atoms with Gasteiger partial charge < -0.3 is 4.74 Å². The number of rotatable bonds is 2. The molecular weight excluding hydrogens is 261 g/mol. The summed E-state index contributed by atoms with van der Waals surface area (Å²) in [4.78, 5) is 11.7. The highest BCUT2D eigenvalue weighted by atomic mass is 19.4. The number of hydrogen-bond acceptors (Lipinski definition) is 3. The fourth-order valence-corrected chi connectivity index (χ4v) is 2.43. The van der Waals surface area contributed by atoms with E-state index in [0.717, 1.165) is 0 Å². The van der Waals surface area contributed by atoms with Gasteiger partial charge in [0.2, 0.25) is 0 Å². The summed E-state index contributed by atoms with van der Waals surface area (Å²) in [5.74, 6) is -2.06. The van der Waals surface area contributed by atoms with Gasteiger partial charge in [-0.15, -0.1) is 0 Å². The van der Waals surface area contributed by atoms with Crippen LogP contribution < -0.4 is 0 Å². The second kappa shape index (κ2) is 4.86. The molecule has 0 saturated heterocycles. The van der Waals surface area contributed by atoms with E-state index in [1.165, 1.54) is 4.68 Å². The molecule has 1 aromatic heterocycles. The molecule has 1 aromatic rings. The van der Waals surface area contributed by atoms with E-state index >= 15 is 0 Å². The molecule has 19 heavy (non-hydrogen) atoms. The molecule has 0 N–H and O–H groups in total. The van der Waals surface area contributed by atoms with Crippen LogP contribution in [-0.2, 0) is 24.6 Å². The van der Waals surface area contributed by atoms with Gasteiger partial charge in [0.1, 0.15) is 0 Å². The zero-order valence-corrected chi connectivity index (χ0v) is 10.8. The lowest BCUT2D eigenvalue weighted by atomic mass is 9.86. The quantitative estimate of drug-likeness (QED) is 0.778. The van der Waals surface area contributed by atoms with Crippen molar-refractivity contribution in [2.75, 3.05) is 6.61 Å². The van der Waals surface area contributed by atoms with Crippen LogP contribution in [-0.4, -0.2) is 28.5 Å². The van der Waals surface area contributed by atoms with Crippen LogP contribution in [0.2, 0.25) is 0 Å². The molecule has 106 valence electrons. The number of aromatic nitrogens is 2. The van der Waals surface area contributed by atoms with Crippen LogP contribution in [0.15, 0.2) is 0 Å². The molecule has 1 aliphatic rings. The number of ether oxygens (including phenoxy) is 1. The standard InChI is InChI=1S/C12H15F3N2O2/c1-3-19-11(18)10-8-6-7(12(13,14)15)4-5-9(8)17(2)16-10/h7H,3-6H2,1-2H3/t7-/m0/s1. The minimum absolute atomic E-state index is 0.0216. The minimum Gasteiger partial charge on any atom is -0.461 e. The maximum atomic E-state index is 12.8. The molecule has 0 aromatic carbocycles. The molecule has 0 unspecified atom stereocenters. The summed E-state index contributed by atoms with van der Waals surface area (Å²) >= 11 is 0. The Morgan fingerprint density at radius 2 is 2.21 bits per heavy atom. The van der Waals surface area contributed by atoms with E-state index in [2.05, 4.69) is 5.10 Å². The summed E-state index contributed by atoms with van der Waals surface area (Å²) in [6.45, 7) is 1.82. The first-order chi connectivity index (χ1) is 8.84. The van der Waals surface area contributed by atoms with Gasteiger partial charge in [0.25, 0.3) is 0 Å². The Hall–Kier alpha value is -1.53. The second-order valence-electron chi connectivity index (χ2n) is 4.60. The molecule has 0 saturated carbocycles. The number of halogens is 3. The molecule has 0 aliphatic heterocycles. The highest BCUT2D eigenvalue weighted by molar-refractivity contribution is 5.89. The Morgan fingerprint density at radius 3 is 2.79 bits per heavy atom. The van der Waals surface area contributed by atoms with E-state index < -0.39 is 18.1 Å². The summed E-state index contributed by atoms with van der Waals surface area (Å²) in [6.07, 6.45) is -4.11. The van der Waals surface area contributed by atoms with E-state index in [0.29, 0.717) is 11.3 Å². The summed E-state index contributed by atoms with van der Waals surface area (Å²) in [7, 11) is 1.63. The third-order valence-corrected chi connectivity index (χ3v) is 3.39. The smallest absolute Gasteiger partial charge is 0.392 e. The van der Waals surface area contributed by atoms with Gasteiger partial charge in [-0.25, -0.2) is 4.79 Å². The molecule has 4 nitrogen and oxygen atoms in total. The fraction of sp³-hybridized carbons (Fsp3) is 0.667. The fourth-order valence-electron chi connectivity index (χ4n) is 2.43. The lowest BCUT2D eigenvalue weighted by molar-refractivity contribution is -0.177. The van der Waals surface area contributed by atoms with Crippen molar-refractivity contribution in [3.8, 4) is 0 Å². The van der Waals surface area contributed by atoms with Crippen LogP contribution in [0.5, 0.6) is 0 Å². The van der Waals surface area contributed by atoms with Crippen LogP contribution in [0.4, 0.5) is 13.2 Å². The molecule has 1 atom stereocenters. The monoisotopic (exact) mass is 276 g/mol. The van der Waals surface area contributed by atoms with Crippen LogP contribution in [0, 0.1) is 5.92 Å². The van der Waals surface area contributed by atoms with Crippen molar-refractivity contribution in [1.82, 2.24) is 9.78 Å². The second-order valence-corrected chi connectivity index (χ2v) is 4.60. The first kappa shape index (κ1) is 13.9. The van der Waals surface area contributed by atoms with Crippen molar-refractivity contribution in [3.05, 3.63) is 17.0 Å². The van der Waals surface area contributed by atoms with Crippen molar-refractivity contribution in [2.45, 2.75) is 32.4 Å². The third kappa shape index (κ3) is 2.59. The van der Waals surface area contributed by atoms with Gasteiger partial charge in [-0.3, -0.25) is 4.68 Å². The summed E-state index contributed by atoms with van der Waals surface area (Å²) in [6, 6.07) is 0. The van der Waals surface area contributed by atoms with Crippen molar-refractivity contribution < 1.29 is 22.7 Å². The van der Waals surface area contributed by atoms with Gasteiger partial charge in [0.15, 0.2) is 5.69 Å². The maximum absolute atomic E-state index is 12.8. The third-order valence-electron chi connectivity index (χ3n) is 3.39. The maximum Gasteiger partial charge on any atom is 0.392 e. The number of carbonyl (C=O) groups is 1. The van der Waals surface area contributed by atoms with E-state index in [1.54, 1.807) is 14.0 Å². The number of nitrogens with zero attached hydrogens (tertiary/aromatic N) is 2. The SMILES string of the molecule is CCOC(=O)c1nn(C)c2c1C[C@@H](C(F)(F)F)CC2. The molecule has 0 radical (unpaired) electrons. The zero-order chi connectivity index (χ0) is 14.2. The Labute approximate surface area is 108 Å². The number of esters is 1. The first-order valence-corrected chi connectivity index (χ1v) is 6.13. The molecule has 0 spiro atoms. The van der Waals surface area contributed by atoms with E-state index in [-0.39, 0.29) is 31.6 Å². The first-order valence-electron chi connectivity index (χ1n) is 6.13. The Balaban J connectivity index is 2.34. The van der Waals surface area contributed by atoms with Crippen molar-refractivity contribution >= 4 is 5.97 Å². The number of hydrogen-bond donors (Lipinski definition) is 0. The van der Waals surface area contributed by atoms with Crippen LogP contribution in [0.1, 0.15) is 35.1 Å². The molecule has 7 heteroatoms. The van der Waals surface area contributed by atoms with Crippen molar-refractivity contribution in [2.24, 2.45) is 13.0 Å². The Kier molecular flexibility index (Phi) is 3.56. The molecule has 1 heterocycles. The summed E-state index contributed by atoms with van der Waals surface area (Å²) < 4.78 is 44.7. The number of alkyl halides is 3. The van der Waals surface area contributed by atoms with E-state index in [4.69, 9.17) is 4.74 Å². The number of carbonyl (C=O) groups excluding carboxylic acids is 1. The average Bonchev–Trinajstić information content (AvgIpc) is 2.66. The van der Waals surface area contributed by atoms with Crippen LogP contribution in [0.25, 0.3) is 0 Å². The highest BCUT2D eigenvalue weighted by Crippen LogP contribution is 2.38. The number of fused-ring (bicyclic) bond motifs is 1. The summed E-state index contributed by atoms with van der Waals surface area (Å²) in [5, 5.41) is 4.00. The molecule has 0 amide bonds. The molecule has 0 bridgehead atoms. The van der Waals surface area contributed by atoms with Gasteiger partial charge in [0, 0.05) is 18.3 Å². The van der Waals surface area contributed by atoms with Crippen molar-refractivity contribution in [3.63, 3.8) is 0 Å². The highest BCUT2D eigenvalue weighted by Gasteiger charge is 2.43. The van der Waals surface area contributed by atoms with Crippen molar-refractivity contribution in [1.29, 1.82) is 0 Å². The van der Waals surface area contributed by atoms with Gasteiger partial charge in [0.05, 0.1) is 12.5 Å². The minimum atomic E-state index is -4.24. The Morgan fingerprint density at radius 1 is 1.53 bits per heavy atom. The molecule has 2 rings (SSSR count). The van der Waals surface area contributed by atoms with Crippen LogP contribution >= 0.6 is 0 Å². The van der Waals surface area contributed by atoms with Gasteiger partial charge in [-0.2, -0.15) is 18.3 Å². The average molecular weight is 276 g/mol. The molecule has 0 fully saturated rings. The van der Waals surface area contributed by atoms with Gasteiger partial charge in [-0.05, 0) is 26.2 Å².